The predicted octanol–water partition coefficient (Wildman–Crippen LogP) is 4.05. The van der Waals surface area contributed by atoms with Gasteiger partial charge in [0.2, 0.25) is 0 Å². The lowest BCUT2D eigenvalue weighted by Crippen LogP contribution is -2.36. The number of halogens is 2. The summed E-state index contributed by atoms with van der Waals surface area (Å²) >= 11 is 11.7. The fourth-order valence-electron chi connectivity index (χ4n) is 2.33. The molecule has 0 saturated carbocycles. The van der Waals surface area contributed by atoms with Crippen LogP contribution in [0.1, 0.15) is 18.9 Å². The van der Waals surface area contributed by atoms with E-state index in [0.717, 1.165) is 12.8 Å². The van der Waals surface area contributed by atoms with Gasteiger partial charge in [0, 0.05) is 11.1 Å². The molecule has 1 atom stereocenters. The summed E-state index contributed by atoms with van der Waals surface area (Å²) in [6.07, 6.45) is 1.65. The molecule has 27 heavy (non-hydrogen) atoms. The second-order valence-corrected chi connectivity index (χ2v) is 6.86. The molecule has 0 heterocycles. The Bertz CT molecular complexity index is 768. The van der Waals surface area contributed by atoms with E-state index in [1.807, 2.05) is 37.3 Å². The highest BCUT2D eigenvalue weighted by Crippen LogP contribution is 2.27. The highest BCUT2D eigenvalue weighted by molar-refractivity contribution is 6.35. The number of amides is 1. The van der Waals surface area contributed by atoms with Crippen molar-refractivity contribution < 1.29 is 19.1 Å². The zero-order valence-corrected chi connectivity index (χ0v) is 16.4. The van der Waals surface area contributed by atoms with Gasteiger partial charge in [-0.1, -0.05) is 53.5 Å². The van der Waals surface area contributed by atoms with Crippen LogP contribution in [-0.2, 0) is 20.7 Å². The van der Waals surface area contributed by atoms with E-state index in [1.54, 1.807) is 12.1 Å². The molecule has 2 aromatic carbocycles. The van der Waals surface area contributed by atoms with Crippen LogP contribution < -0.4 is 10.1 Å². The SMILES string of the molecule is C[C@H](CCc1ccccc1)NC(=O)COC(=O)COc1ccc(Cl)cc1Cl. The molecule has 0 aliphatic heterocycles. The van der Waals surface area contributed by atoms with Crippen molar-refractivity contribution in [2.24, 2.45) is 0 Å². The highest BCUT2D eigenvalue weighted by Gasteiger charge is 2.12. The van der Waals surface area contributed by atoms with Gasteiger partial charge in [-0.05, 0) is 43.5 Å². The molecule has 0 spiro atoms. The van der Waals surface area contributed by atoms with Crippen molar-refractivity contribution in [2.45, 2.75) is 25.8 Å². The van der Waals surface area contributed by atoms with Crippen LogP contribution in [0, 0.1) is 0 Å². The molecule has 2 rings (SSSR count). The molecule has 0 saturated heterocycles. The molecule has 2 aromatic rings. The highest BCUT2D eigenvalue weighted by atomic mass is 35.5. The molecule has 1 N–H and O–H groups in total. The van der Waals surface area contributed by atoms with Crippen LogP contribution in [-0.4, -0.2) is 31.1 Å². The third kappa shape index (κ3) is 7.89. The summed E-state index contributed by atoms with van der Waals surface area (Å²) in [4.78, 5) is 23.6. The summed E-state index contributed by atoms with van der Waals surface area (Å²) in [6, 6.07) is 14.7. The van der Waals surface area contributed by atoms with Crippen molar-refractivity contribution in [1.29, 1.82) is 0 Å². The fourth-order valence-corrected chi connectivity index (χ4v) is 2.80. The maximum atomic E-state index is 11.9. The van der Waals surface area contributed by atoms with E-state index in [9.17, 15) is 9.59 Å². The van der Waals surface area contributed by atoms with Crippen LogP contribution in [0.5, 0.6) is 5.75 Å². The summed E-state index contributed by atoms with van der Waals surface area (Å²) in [5.41, 5.74) is 1.21. The number of nitrogens with one attached hydrogen (secondary N) is 1. The Labute approximate surface area is 168 Å². The number of benzene rings is 2. The maximum Gasteiger partial charge on any atom is 0.344 e. The predicted molar refractivity (Wildman–Crippen MR) is 105 cm³/mol. The molecule has 0 fully saturated rings. The van der Waals surface area contributed by atoms with Crippen LogP contribution >= 0.6 is 23.2 Å². The average Bonchev–Trinajstić information content (AvgIpc) is 2.65. The van der Waals surface area contributed by atoms with Gasteiger partial charge in [-0.15, -0.1) is 0 Å². The third-order valence-corrected chi connectivity index (χ3v) is 4.25. The van der Waals surface area contributed by atoms with Crippen molar-refractivity contribution in [3.05, 3.63) is 64.1 Å². The Kier molecular flexibility index (Phi) is 8.43. The van der Waals surface area contributed by atoms with Gasteiger partial charge in [0.1, 0.15) is 5.75 Å². The minimum atomic E-state index is -0.659. The lowest BCUT2D eigenvalue weighted by molar-refractivity contribution is -0.150. The molecule has 0 aromatic heterocycles. The van der Waals surface area contributed by atoms with Gasteiger partial charge in [0.25, 0.3) is 5.91 Å². The van der Waals surface area contributed by atoms with Gasteiger partial charge < -0.3 is 14.8 Å². The Balaban J connectivity index is 1.64. The molecular weight excluding hydrogens is 389 g/mol. The van der Waals surface area contributed by atoms with Gasteiger partial charge in [0.05, 0.1) is 5.02 Å². The van der Waals surface area contributed by atoms with Gasteiger partial charge >= 0.3 is 5.97 Å². The van der Waals surface area contributed by atoms with E-state index in [2.05, 4.69) is 5.32 Å². The fraction of sp³-hybridized carbons (Fsp3) is 0.300. The number of rotatable bonds is 9. The first kappa shape index (κ1) is 21.1. The van der Waals surface area contributed by atoms with Crippen molar-refractivity contribution in [1.82, 2.24) is 5.32 Å². The van der Waals surface area contributed by atoms with E-state index >= 15 is 0 Å². The van der Waals surface area contributed by atoms with Crippen molar-refractivity contribution in [3.8, 4) is 5.75 Å². The summed E-state index contributed by atoms with van der Waals surface area (Å²) in [7, 11) is 0. The lowest BCUT2D eigenvalue weighted by atomic mass is 10.1. The van der Waals surface area contributed by atoms with Crippen LogP contribution in [0.2, 0.25) is 10.0 Å². The molecule has 5 nitrogen and oxygen atoms in total. The number of aryl methyl sites for hydroxylation is 1. The molecule has 0 aliphatic rings. The minimum Gasteiger partial charge on any atom is -0.480 e. The number of ether oxygens (including phenoxy) is 2. The van der Waals surface area contributed by atoms with Crippen molar-refractivity contribution >= 4 is 35.1 Å². The van der Waals surface area contributed by atoms with E-state index < -0.39 is 5.97 Å². The second-order valence-electron chi connectivity index (χ2n) is 6.02. The smallest absolute Gasteiger partial charge is 0.344 e. The van der Waals surface area contributed by atoms with E-state index in [-0.39, 0.29) is 25.2 Å². The average molecular weight is 410 g/mol. The standard InChI is InChI=1S/C20H21Cl2NO4/c1-14(7-8-15-5-3-2-4-6-15)23-19(24)12-27-20(25)13-26-18-10-9-16(21)11-17(18)22/h2-6,9-11,14H,7-8,12-13H2,1H3,(H,23,24)/t14-/m1/s1. The first-order valence-electron chi connectivity index (χ1n) is 8.51. The first-order valence-corrected chi connectivity index (χ1v) is 9.26. The zero-order chi connectivity index (χ0) is 19.6. The quantitative estimate of drug-likeness (QED) is 0.634. The number of hydrogen-bond acceptors (Lipinski definition) is 4. The first-order chi connectivity index (χ1) is 12.9. The van der Waals surface area contributed by atoms with Crippen LogP contribution in [0.15, 0.2) is 48.5 Å². The second kappa shape index (κ2) is 10.8. The largest absolute Gasteiger partial charge is 0.480 e. The topological polar surface area (TPSA) is 64.6 Å². The van der Waals surface area contributed by atoms with E-state index in [1.165, 1.54) is 11.6 Å². The van der Waals surface area contributed by atoms with E-state index in [0.29, 0.717) is 15.8 Å². The van der Waals surface area contributed by atoms with Gasteiger partial charge in [-0.3, -0.25) is 4.79 Å². The van der Waals surface area contributed by atoms with Gasteiger partial charge in [0.15, 0.2) is 13.2 Å². The Morgan fingerprint density at radius 3 is 2.52 bits per heavy atom. The van der Waals surface area contributed by atoms with Gasteiger partial charge in [-0.2, -0.15) is 0 Å². The third-order valence-electron chi connectivity index (χ3n) is 3.72. The molecular formula is C20H21Cl2NO4. The summed E-state index contributed by atoms with van der Waals surface area (Å²) < 4.78 is 10.2. The lowest BCUT2D eigenvalue weighted by Gasteiger charge is -2.14. The minimum absolute atomic E-state index is 0.0273. The van der Waals surface area contributed by atoms with Gasteiger partial charge in [-0.25, -0.2) is 4.79 Å². The Morgan fingerprint density at radius 2 is 1.81 bits per heavy atom. The van der Waals surface area contributed by atoms with Crippen molar-refractivity contribution in [3.63, 3.8) is 0 Å². The molecule has 0 aliphatic carbocycles. The van der Waals surface area contributed by atoms with Crippen LogP contribution in [0.3, 0.4) is 0 Å². The Morgan fingerprint density at radius 1 is 1.07 bits per heavy atom. The zero-order valence-electron chi connectivity index (χ0n) is 14.9. The summed E-state index contributed by atoms with van der Waals surface area (Å²) in [5, 5.41) is 3.56. The summed E-state index contributed by atoms with van der Waals surface area (Å²) in [6.45, 7) is 1.21. The number of carbonyl (C=O) groups excluding carboxylic acids is 2. The number of carbonyl (C=O) groups is 2. The van der Waals surface area contributed by atoms with E-state index in [4.69, 9.17) is 32.7 Å². The summed E-state index contributed by atoms with van der Waals surface area (Å²) in [5.74, 6) is -0.696. The molecule has 0 bridgehead atoms. The normalized spacial score (nSPS) is 11.5. The molecule has 144 valence electrons. The monoisotopic (exact) mass is 409 g/mol. The number of esters is 1. The number of hydrogen-bond donors (Lipinski definition) is 1. The van der Waals surface area contributed by atoms with Crippen molar-refractivity contribution in [2.75, 3.05) is 13.2 Å². The molecule has 0 unspecified atom stereocenters. The van der Waals surface area contributed by atoms with Crippen LogP contribution in [0.25, 0.3) is 0 Å². The molecule has 0 radical (unpaired) electrons. The Hall–Kier alpha value is -2.24. The molecule has 1 amide bonds. The van der Waals surface area contributed by atoms with Crippen LogP contribution in [0.4, 0.5) is 0 Å². The maximum absolute atomic E-state index is 11.9. The molecule has 7 heteroatoms.